The lowest BCUT2D eigenvalue weighted by atomic mass is 9.94. The van der Waals surface area contributed by atoms with E-state index in [2.05, 4.69) is 24.9 Å². The lowest BCUT2D eigenvalue weighted by Crippen LogP contribution is -2.39. The molecule has 0 bridgehead atoms. The second kappa shape index (κ2) is 5.44. The third-order valence-electron chi connectivity index (χ3n) is 4.28. The Kier molecular flexibility index (Phi) is 3.66. The number of hydrogen-bond donors (Lipinski definition) is 0. The predicted molar refractivity (Wildman–Crippen MR) is 80.4 cm³/mol. The molecule has 0 radical (unpaired) electrons. The van der Waals surface area contributed by atoms with Gasteiger partial charge in [0, 0.05) is 24.7 Å². The molecule has 1 aliphatic heterocycles. The molecule has 0 aliphatic carbocycles. The van der Waals surface area contributed by atoms with Crippen LogP contribution in [-0.4, -0.2) is 40.5 Å². The van der Waals surface area contributed by atoms with Gasteiger partial charge in [-0.3, -0.25) is 4.40 Å². The van der Waals surface area contributed by atoms with Crippen molar-refractivity contribution < 1.29 is 4.74 Å². The maximum absolute atomic E-state index is 5.40. The van der Waals surface area contributed by atoms with Gasteiger partial charge >= 0.3 is 0 Å². The monoisotopic (exact) mass is 273 g/mol. The van der Waals surface area contributed by atoms with Crippen LogP contribution < -0.4 is 4.74 Å². The molecule has 2 aromatic rings. The van der Waals surface area contributed by atoms with Gasteiger partial charge in [0.1, 0.15) is 5.65 Å². The first kappa shape index (κ1) is 13.4. The summed E-state index contributed by atoms with van der Waals surface area (Å²) >= 11 is 0. The highest BCUT2D eigenvalue weighted by Crippen LogP contribution is 2.28. The Bertz CT molecular complexity index is 590. The molecule has 1 unspecified atom stereocenters. The van der Waals surface area contributed by atoms with E-state index in [0.29, 0.717) is 12.0 Å². The first-order valence-corrected chi connectivity index (χ1v) is 7.45. The SMILES string of the molecule is COc1cccc2nc(C3CCCN(C(C)C)C3)cn12. The summed E-state index contributed by atoms with van der Waals surface area (Å²) in [6, 6.07) is 6.62. The molecule has 2 aromatic heterocycles. The zero-order chi connectivity index (χ0) is 14.1. The minimum Gasteiger partial charge on any atom is -0.482 e. The number of methoxy groups -OCH3 is 1. The van der Waals surface area contributed by atoms with Gasteiger partial charge in [-0.15, -0.1) is 0 Å². The molecule has 0 amide bonds. The van der Waals surface area contributed by atoms with Crippen molar-refractivity contribution in [2.75, 3.05) is 20.2 Å². The number of pyridine rings is 1. The molecule has 3 rings (SSSR count). The molecule has 1 atom stereocenters. The van der Waals surface area contributed by atoms with E-state index in [0.717, 1.165) is 18.1 Å². The Hall–Kier alpha value is -1.55. The highest BCUT2D eigenvalue weighted by atomic mass is 16.5. The number of hydrogen-bond acceptors (Lipinski definition) is 3. The van der Waals surface area contributed by atoms with Crippen molar-refractivity contribution in [3.63, 3.8) is 0 Å². The summed E-state index contributed by atoms with van der Waals surface area (Å²) in [5.74, 6) is 1.38. The number of piperidine rings is 1. The van der Waals surface area contributed by atoms with Gasteiger partial charge in [0.25, 0.3) is 0 Å². The first-order valence-electron chi connectivity index (χ1n) is 7.45. The van der Waals surface area contributed by atoms with E-state index in [1.165, 1.54) is 25.1 Å². The predicted octanol–water partition coefficient (Wildman–Crippen LogP) is 2.93. The van der Waals surface area contributed by atoms with Gasteiger partial charge in [-0.25, -0.2) is 4.98 Å². The molecule has 0 saturated carbocycles. The topological polar surface area (TPSA) is 29.8 Å². The summed E-state index contributed by atoms with van der Waals surface area (Å²) in [4.78, 5) is 7.35. The van der Waals surface area contributed by atoms with E-state index in [1.54, 1.807) is 7.11 Å². The average Bonchev–Trinajstić information content (AvgIpc) is 2.91. The van der Waals surface area contributed by atoms with Crippen LogP contribution in [0, 0.1) is 0 Å². The van der Waals surface area contributed by atoms with Gasteiger partial charge in [0.05, 0.1) is 12.8 Å². The van der Waals surface area contributed by atoms with E-state index >= 15 is 0 Å². The van der Waals surface area contributed by atoms with Gasteiger partial charge in [-0.05, 0) is 45.4 Å². The Morgan fingerprint density at radius 2 is 2.20 bits per heavy atom. The number of ether oxygens (including phenoxy) is 1. The van der Waals surface area contributed by atoms with Crippen molar-refractivity contribution in [2.24, 2.45) is 0 Å². The van der Waals surface area contributed by atoms with Gasteiger partial charge in [0.2, 0.25) is 0 Å². The van der Waals surface area contributed by atoms with Gasteiger partial charge in [0.15, 0.2) is 5.88 Å². The fraction of sp³-hybridized carbons (Fsp3) is 0.562. The second-order valence-corrected chi connectivity index (χ2v) is 5.89. The van der Waals surface area contributed by atoms with Crippen LogP contribution in [0.1, 0.15) is 38.3 Å². The van der Waals surface area contributed by atoms with Crippen LogP contribution in [0.5, 0.6) is 5.88 Å². The lowest BCUT2D eigenvalue weighted by molar-refractivity contribution is 0.166. The van der Waals surface area contributed by atoms with Crippen molar-refractivity contribution in [3.05, 3.63) is 30.1 Å². The second-order valence-electron chi connectivity index (χ2n) is 5.89. The van der Waals surface area contributed by atoms with Crippen molar-refractivity contribution in [1.29, 1.82) is 0 Å². The van der Waals surface area contributed by atoms with Crippen LogP contribution >= 0.6 is 0 Å². The van der Waals surface area contributed by atoms with Gasteiger partial charge < -0.3 is 9.64 Å². The maximum atomic E-state index is 5.40. The number of likely N-dealkylation sites (tertiary alicyclic amines) is 1. The molecule has 20 heavy (non-hydrogen) atoms. The molecule has 3 heterocycles. The van der Waals surface area contributed by atoms with E-state index in [4.69, 9.17) is 9.72 Å². The summed E-state index contributed by atoms with van der Waals surface area (Å²) < 4.78 is 7.45. The lowest BCUT2D eigenvalue weighted by Gasteiger charge is -2.34. The molecular weight excluding hydrogens is 250 g/mol. The minimum absolute atomic E-state index is 0.538. The molecule has 0 aromatic carbocycles. The first-order chi connectivity index (χ1) is 9.69. The summed E-state index contributed by atoms with van der Waals surface area (Å²) in [6.07, 6.45) is 4.63. The van der Waals surface area contributed by atoms with Crippen LogP contribution in [0.2, 0.25) is 0 Å². The normalized spacial score (nSPS) is 20.7. The number of fused-ring (bicyclic) bond motifs is 1. The summed E-state index contributed by atoms with van der Waals surface area (Å²) in [6.45, 7) is 6.87. The number of nitrogens with zero attached hydrogens (tertiary/aromatic N) is 3. The zero-order valence-electron chi connectivity index (χ0n) is 12.5. The molecule has 0 spiro atoms. The van der Waals surface area contributed by atoms with Crippen molar-refractivity contribution in [3.8, 4) is 5.88 Å². The Morgan fingerprint density at radius 1 is 1.35 bits per heavy atom. The smallest absolute Gasteiger partial charge is 0.198 e. The van der Waals surface area contributed by atoms with Crippen LogP contribution in [-0.2, 0) is 0 Å². The fourth-order valence-electron chi connectivity index (χ4n) is 3.08. The van der Waals surface area contributed by atoms with E-state index in [1.807, 2.05) is 22.6 Å². The average molecular weight is 273 g/mol. The summed E-state index contributed by atoms with van der Waals surface area (Å²) in [5.41, 5.74) is 2.17. The minimum atomic E-state index is 0.538. The summed E-state index contributed by atoms with van der Waals surface area (Å²) in [7, 11) is 1.70. The molecule has 1 fully saturated rings. The van der Waals surface area contributed by atoms with E-state index < -0.39 is 0 Å². The Labute approximate surface area is 120 Å². The molecule has 0 N–H and O–H groups in total. The Morgan fingerprint density at radius 3 is 2.95 bits per heavy atom. The standard InChI is InChI=1S/C16H23N3O/c1-12(2)18-9-5-6-13(10-18)14-11-19-15(17-14)7-4-8-16(19)20-3/h4,7-8,11-13H,5-6,9-10H2,1-3H3. The summed E-state index contributed by atoms with van der Waals surface area (Å²) in [5, 5.41) is 0. The van der Waals surface area contributed by atoms with Gasteiger partial charge in [-0.1, -0.05) is 6.07 Å². The molecule has 4 nitrogen and oxygen atoms in total. The van der Waals surface area contributed by atoms with E-state index in [9.17, 15) is 0 Å². The van der Waals surface area contributed by atoms with Crippen LogP contribution in [0.4, 0.5) is 0 Å². The highest BCUT2D eigenvalue weighted by Gasteiger charge is 2.25. The largest absolute Gasteiger partial charge is 0.482 e. The molecule has 4 heteroatoms. The van der Waals surface area contributed by atoms with Crippen LogP contribution in [0.25, 0.3) is 5.65 Å². The third kappa shape index (κ3) is 2.40. The Balaban J connectivity index is 1.90. The number of aromatic nitrogens is 2. The van der Waals surface area contributed by atoms with E-state index in [-0.39, 0.29) is 0 Å². The zero-order valence-corrected chi connectivity index (χ0v) is 12.5. The number of imidazole rings is 1. The van der Waals surface area contributed by atoms with Gasteiger partial charge in [-0.2, -0.15) is 0 Å². The maximum Gasteiger partial charge on any atom is 0.198 e. The third-order valence-corrected chi connectivity index (χ3v) is 4.28. The molecule has 1 aliphatic rings. The number of rotatable bonds is 3. The highest BCUT2D eigenvalue weighted by molar-refractivity contribution is 5.44. The molecular formula is C16H23N3O. The molecule has 1 saturated heterocycles. The van der Waals surface area contributed by atoms with Crippen molar-refractivity contribution >= 4 is 5.65 Å². The quantitative estimate of drug-likeness (QED) is 0.861. The molecule has 108 valence electrons. The van der Waals surface area contributed by atoms with Crippen LogP contribution in [0.15, 0.2) is 24.4 Å². The van der Waals surface area contributed by atoms with Crippen molar-refractivity contribution in [1.82, 2.24) is 14.3 Å². The fourth-order valence-corrected chi connectivity index (χ4v) is 3.08. The van der Waals surface area contributed by atoms with Crippen molar-refractivity contribution in [2.45, 2.75) is 38.6 Å². The van der Waals surface area contributed by atoms with Crippen LogP contribution in [0.3, 0.4) is 0 Å².